The van der Waals surface area contributed by atoms with Crippen LogP contribution in [0, 0.1) is 0 Å². The minimum atomic E-state index is -3.22. The molecule has 0 amide bonds. The lowest BCUT2D eigenvalue weighted by Gasteiger charge is -2.07. The van der Waals surface area contributed by atoms with Crippen LogP contribution in [0.25, 0.3) is 0 Å². The molecule has 0 atom stereocenters. The van der Waals surface area contributed by atoms with Gasteiger partial charge in [-0.05, 0) is 18.1 Å². The molecule has 17 heavy (non-hydrogen) atoms. The van der Waals surface area contributed by atoms with Gasteiger partial charge < -0.3 is 4.74 Å². The van der Waals surface area contributed by atoms with Gasteiger partial charge >= 0.3 is 0 Å². The number of halogens is 1. The molecule has 0 unspecified atom stereocenters. The van der Waals surface area contributed by atoms with Crippen molar-refractivity contribution in [2.45, 2.75) is 13.0 Å². The van der Waals surface area contributed by atoms with Crippen LogP contribution in [-0.4, -0.2) is 27.9 Å². The lowest BCUT2D eigenvalue weighted by molar-refractivity contribution is 0.199. The largest absolute Gasteiger partial charge is 0.385 e. The first-order valence-corrected chi connectivity index (χ1v) is 7.69. The van der Waals surface area contributed by atoms with E-state index in [-0.39, 0.29) is 5.75 Å². The molecule has 0 bridgehead atoms. The van der Waals surface area contributed by atoms with Gasteiger partial charge in [-0.2, -0.15) is 0 Å². The second-order valence-corrected chi connectivity index (χ2v) is 6.36. The number of ether oxygens (including phenoxy) is 1. The molecule has 1 rings (SSSR count). The molecule has 0 radical (unpaired) electrons. The van der Waals surface area contributed by atoms with E-state index in [1.165, 1.54) is 0 Å². The third-order valence-electron chi connectivity index (χ3n) is 2.20. The van der Waals surface area contributed by atoms with E-state index in [0.717, 1.165) is 10.0 Å². The normalized spacial score (nSPS) is 11.6. The first-order valence-electron chi connectivity index (χ1n) is 5.25. The second-order valence-electron chi connectivity index (χ2n) is 3.58. The van der Waals surface area contributed by atoms with Crippen molar-refractivity contribution in [2.75, 3.05) is 19.5 Å². The van der Waals surface area contributed by atoms with Gasteiger partial charge in [-0.1, -0.05) is 34.1 Å². The van der Waals surface area contributed by atoms with Gasteiger partial charge in [0.1, 0.15) is 0 Å². The van der Waals surface area contributed by atoms with Crippen molar-refractivity contribution in [3.05, 3.63) is 34.3 Å². The minimum Gasteiger partial charge on any atom is -0.385 e. The fourth-order valence-electron chi connectivity index (χ4n) is 1.29. The van der Waals surface area contributed by atoms with E-state index >= 15 is 0 Å². The number of benzene rings is 1. The fourth-order valence-corrected chi connectivity index (χ4v) is 2.74. The smallest absolute Gasteiger partial charge is 0.211 e. The number of rotatable bonds is 7. The first kappa shape index (κ1) is 14.6. The van der Waals surface area contributed by atoms with Gasteiger partial charge in [0.25, 0.3) is 0 Å². The zero-order valence-electron chi connectivity index (χ0n) is 9.65. The Hall–Kier alpha value is -0.430. The number of hydrogen-bond acceptors (Lipinski definition) is 3. The van der Waals surface area contributed by atoms with Gasteiger partial charge in [0.15, 0.2) is 0 Å². The SMILES string of the molecule is COCCCS(=O)(=O)NCc1ccccc1Br. The molecule has 0 aliphatic rings. The van der Waals surface area contributed by atoms with E-state index in [4.69, 9.17) is 4.74 Å². The van der Waals surface area contributed by atoms with Crippen LogP contribution in [0.4, 0.5) is 0 Å². The Morgan fingerprint density at radius 1 is 1.35 bits per heavy atom. The molecule has 0 saturated heterocycles. The average molecular weight is 322 g/mol. The highest BCUT2D eigenvalue weighted by Gasteiger charge is 2.10. The third-order valence-corrected chi connectivity index (χ3v) is 4.39. The van der Waals surface area contributed by atoms with Crippen LogP contribution in [0.1, 0.15) is 12.0 Å². The summed E-state index contributed by atoms with van der Waals surface area (Å²) < 4.78 is 31.5. The molecular weight excluding hydrogens is 306 g/mol. The summed E-state index contributed by atoms with van der Waals surface area (Å²) in [6.45, 7) is 0.757. The molecular formula is C11H16BrNO3S. The molecule has 6 heteroatoms. The molecule has 1 aromatic rings. The van der Waals surface area contributed by atoms with E-state index in [1.54, 1.807) is 7.11 Å². The van der Waals surface area contributed by atoms with Crippen LogP contribution >= 0.6 is 15.9 Å². The van der Waals surface area contributed by atoms with Gasteiger partial charge in [0, 0.05) is 24.7 Å². The number of hydrogen-bond donors (Lipinski definition) is 1. The first-order chi connectivity index (χ1) is 8.05. The van der Waals surface area contributed by atoms with E-state index < -0.39 is 10.0 Å². The maximum atomic E-state index is 11.6. The highest BCUT2D eigenvalue weighted by Crippen LogP contribution is 2.15. The van der Waals surface area contributed by atoms with Crippen molar-refractivity contribution < 1.29 is 13.2 Å². The minimum absolute atomic E-state index is 0.0886. The quantitative estimate of drug-likeness (QED) is 0.780. The summed E-state index contributed by atoms with van der Waals surface area (Å²) in [5.41, 5.74) is 0.919. The van der Waals surface area contributed by atoms with Crippen LogP contribution in [0.2, 0.25) is 0 Å². The lowest BCUT2D eigenvalue weighted by Crippen LogP contribution is -2.26. The van der Waals surface area contributed by atoms with Crippen LogP contribution < -0.4 is 4.72 Å². The topological polar surface area (TPSA) is 55.4 Å². The summed E-state index contributed by atoms with van der Waals surface area (Å²) in [7, 11) is -1.66. The predicted molar refractivity (Wildman–Crippen MR) is 71.3 cm³/mol. The molecule has 0 fully saturated rings. The summed E-state index contributed by atoms with van der Waals surface area (Å²) in [6, 6.07) is 7.52. The highest BCUT2D eigenvalue weighted by atomic mass is 79.9. The summed E-state index contributed by atoms with van der Waals surface area (Å²) in [4.78, 5) is 0. The van der Waals surface area contributed by atoms with E-state index in [9.17, 15) is 8.42 Å². The average Bonchev–Trinajstić information content (AvgIpc) is 2.28. The molecule has 0 spiro atoms. The Labute approximate surface area is 111 Å². The maximum absolute atomic E-state index is 11.6. The number of nitrogens with one attached hydrogen (secondary N) is 1. The molecule has 4 nitrogen and oxygen atoms in total. The van der Waals surface area contributed by atoms with Gasteiger partial charge in [0.2, 0.25) is 10.0 Å². The van der Waals surface area contributed by atoms with Crippen molar-refractivity contribution >= 4 is 26.0 Å². The van der Waals surface area contributed by atoms with Gasteiger partial charge in [-0.3, -0.25) is 0 Å². The standard InChI is InChI=1S/C11H16BrNO3S/c1-16-7-4-8-17(14,15)13-9-10-5-2-3-6-11(10)12/h2-3,5-6,13H,4,7-9H2,1H3. The molecule has 0 aliphatic carbocycles. The molecule has 96 valence electrons. The number of methoxy groups -OCH3 is 1. The highest BCUT2D eigenvalue weighted by molar-refractivity contribution is 9.10. The maximum Gasteiger partial charge on any atom is 0.211 e. The van der Waals surface area contributed by atoms with Crippen LogP contribution in [-0.2, 0) is 21.3 Å². The van der Waals surface area contributed by atoms with Gasteiger partial charge in [-0.15, -0.1) is 0 Å². The molecule has 0 saturated carbocycles. The van der Waals surface area contributed by atoms with Crippen molar-refractivity contribution in [2.24, 2.45) is 0 Å². The van der Waals surface area contributed by atoms with Crippen LogP contribution in [0.3, 0.4) is 0 Å². The molecule has 0 heterocycles. The van der Waals surface area contributed by atoms with Gasteiger partial charge in [0.05, 0.1) is 5.75 Å². The number of sulfonamides is 1. The third kappa shape index (κ3) is 5.63. The zero-order chi connectivity index (χ0) is 12.7. The van der Waals surface area contributed by atoms with Gasteiger partial charge in [-0.25, -0.2) is 13.1 Å². The molecule has 1 N–H and O–H groups in total. The molecule has 0 aliphatic heterocycles. The van der Waals surface area contributed by atoms with Crippen molar-refractivity contribution in [3.8, 4) is 0 Å². The monoisotopic (exact) mass is 321 g/mol. The Bertz CT molecular complexity index is 448. The van der Waals surface area contributed by atoms with Crippen molar-refractivity contribution in [3.63, 3.8) is 0 Å². The summed E-state index contributed by atoms with van der Waals surface area (Å²) >= 11 is 3.37. The molecule has 1 aromatic carbocycles. The zero-order valence-corrected chi connectivity index (χ0v) is 12.1. The molecule has 0 aromatic heterocycles. The predicted octanol–water partition coefficient (Wildman–Crippen LogP) is 1.90. The second kappa shape index (κ2) is 7.10. The van der Waals surface area contributed by atoms with E-state index in [0.29, 0.717) is 19.6 Å². The van der Waals surface area contributed by atoms with E-state index in [1.807, 2.05) is 24.3 Å². The van der Waals surface area contributed by atoms with Crippen molar-refractivity contribution in [1.29, 1.82) is 0 Å². The Balaban J connectivity index is 2.47. The summed E-state index contributed by atoms with van der Waals surface area (Å²) in [6.07, 6.45) is 0.502. The van der Waals surface area contributed by atoms with Crippen LogP contribution in [0.5, 0.6) is 0 Å². The lowest BCUT2D eigenvalue weighted by atomic mass is 10.2. The summed E-state index contributed by atoms with van der Waals surface area (Å²) in [5.74, 6) is 0.0886. The Morgan fingerprint density at radius 2 is 2.06 bits per heavy atom. The van der Waals surface area contributed by atoms with Crippen LogP contribution in [0.15, 0.2) is 28.7 Å². The Morgan fingerprint density at radius 3 is 2.71 bits per heavy atom. The summed E-state index contributed by atoms with van der Waals surface area (Å²) in [5, 5.41) is 0. The van der Waals surface area contributed by atoms with Crippen molar-refractivity contribution in [1.82, 2.24) is 4.72 Å². The van der Waals surface area contributed by atoms with E-state index in [2.05, 4.69) is 20.7 Å². The fraction of sp³-hybridized carbons (Fsp3) is 0.455. The Kier molecular flexibility index (Phi) is 6.11.